The van der Waals surface area contributed by atoms with Crippen LogP contribution in [0.5, 0.6) is 0 Å². The number of nitrogens with one attached hydrogen (secondary N) is 2. The van der Waals surface area contributed by atoms with Crippen LogP contribution in [-0.4, -0.2) is 32.1 Å². The summed E-state index contributed by atoms with van der Waals surface area (Å²) >= 11 is 0. The molecule has 4 N–H and O–H groups in total. The fraction of sp³-hybridized carbons (Fsp3) is 0.500. The van der Waals surface area contributed by atoms with E-state index in [0.29, 0.717) is 13.2 Å². The lowest BCUT2D eigenvalue weighted by Crippen LogP contribution is -2.30. The third kappa shape index (κ3) is 7.11. The Balaban J connectivity index is 3.83. The zero-order valence-corrected chi connectivity index (χ0v) is 8.29. The van der Waals surface area contributed by atoms with Crippen LogP contribution in [0.4, 0.5) is 0 Å². The number of methoxy groups -OCH3 is 1. The Labute approximate surface area is 82.5 Å². The molecule has 14 heavy (non-hydrogen) atoms. The van der Waals surface area contributed by atoms with Gasteiger partial charge in [-0.25, -0.2) is 0 Å². The standard InChI is InChI=1S/C8H15N3O3/c1-6(12)11-7(9)5-8(13)10-3-4-14-2/h5H,3-4,9H2,1-2H3,(H,10,13)(H,11,12)/b7-5-. The number of hydrogen-bond acceptors (Lipinski definition) is 4. The molecule has 0 radical (unpaired) electrons. The minimum absolute atomic E-state index is 0.0208. The van der Waals surface area contributed by atoms with Gasteiger partial charge in [0.05, 0.1) is 6.61 Å². The van der Waals surface area contributed by atoms with Crippen molar-refractivity contribution in [3.63, 3.8) is 0 Å². The van der Waals surface area contributed by atoms with Crippen LogP contribution < -0.4 is 16.4 Å². The van der Waals surface area contributed by atoms with E-state index in [2.05, 4.69) is 10.6 Å². The van der Waals surface area contributed by atoms with Gasteiger partial charge in [-0.3, -0.25) is 9.59 Å². The van der Waals surface area contributed by atoms with E-state index < -0.39 is 0 Å². The zero-order chi connectivity index (χ0) is 11.0. The average molecular weight is 201 g/mol. The van der Waals surface area contributed by atoms with Crippen molar-refractivity contribution in [3.8, 4) is 0 Å². The summed E-state index contributed by atoms with van der Waals surface area (Å²) in [6.45, 7) is 2.14. The van der Waals surface area contributed by atoms with E-state index in [1.807, 2.05) is 0 Å². The van der Waals surface area contributed by atoms with E-state index >= 15 is 0 Å². The van der Waals surface area contributed by atoms with Gasteiger partial charge >= 0.3 is 0 Å². The molecule has 0 bridgehead atoms. The van der Waals surface area contributed by atoms with E-state index in [-0.39, 0.29) is 17.6 Å². The minimum atomic E-state index is -0.367. The topological polar surface area (TPSA) is 93.4 Å². The summed E-state index contributed by atoms with van der Waals surface area (Å²) in [7, 11) is 1.54. The molecule has 0 aromatic rings. The molecule has 0 aromatic carbocycles. The minimum Gasteiger partial charge on any atom is -0.385 e. The van der Waals surface area contributed by atoms with Gasteiger partial charge in [-0.2, -0.15) is 0 Å². The van der Waals surface area contributed by atoms with Crippen LogP contribution in [0.1, 0.15) is 6.92 Å². The Hall–Kier alpha value is -1.56. The second kappa shape index (κ2) is 6.90. The van der Waals surface area contributed by atoms with Crippen LogP contribution in [0.15, 0.2) is 11.9 Å². The summed E-state index contributed by atoms with van der Waals surface area (Å²) in [4.78, 5) is 21.5. The first-order valence-electron chi connectivity index (χ1n) is 4.07. The molecule has 0 aromatic heterocycles. The maximum Gasteiger partial charge on any atom is 0.247 e. The van der Waals surface area contributed by atoms with Gasteiger partial charge in [-0.15, -0.1) is 0 Å². The summed E-state index contributed by atoms with van der Waals surface area (Å²) < 4.78 is 4.73. The lowest BCUT2D eigenvalue weighted by Gasteiger charge is -2.03. The lowest BCUT2D eigenvalue weighted by molar-refractivity contribution is -0.118. The molecule has 0 aliphatic rings. The van der Waals surface area contributed by atoms with Crippen LogP contribution in [-0.2, 0) is 14.3 Å². The van der Waals surface area contributed by atoms with Crippen molar-refractivity contribution in [2.24, 2.45) is 5.73 Å². The summed E-state index contributed by atoms with van der Waals surface area (Å²) in [5.41, 5.74) is 5.32. The molecule has 6 nitrogen and oxygen atoms in total. The molecule has 6 heteroatoms. The average Bonchev–Trinajstić information content (AvgIpc) is 2.02. The van der Waals surface area contributed by atoms with Gasteiger partial charge in [-0.05, 0) is 0 Å². The van der Waals surface area contributed by atoms with Crippen molar-refractivity contribution in [3.05, 3.63) is 11.9 Å². The quantitative estimate of drug-likeness (QED) is 0.380. The first-order valence-corrected chi connectivity index (χ1v) is 4.07. The van der Waals surface area contributed by atoms with Crippen LogP contribution in [0, 0.1) is 0 Å². The van der Waals surface area contributed by atoms with Gasteiger partial charge in [0, 0.05) is 26.7 Å². The smallest absolute Gasteiger partial charge is 0.247 e. The number of ether oxygens (including phenoxy) is 1. The van der Waals surface area contributed by atoms with Gasteiger partial charge in [0.1, 0.15) is 5.82 Å². The number of amides is 2. The summed E-state index contributed by atoms with van der Waals surface area (Å²) in [6, 6.07) is 0. The predicted molar refractivity (Wildman–Crippen MR) is 51.0 cm³/mol. The van der Waals surface area contributed by atoms with Crippen molar-refractivity contribution < 1.29 is 14.3 Å². The third-order valence-corrected chi connectivity index (χ3v) is 1.21. The predicted octanol–water partition coefficient (Wildman–Crippen LogP) is -1.31. The van der Waals surface area contributed by atoms with Gasteiger partial charge < -0.3 is 21.1 Å². The molecule has 0 aliphatic carbocycles. The van der Waals surface area contributed by atoms with Crippen LogP contribution in [0.2, 0.25) is 0 Å². The van der Waals surface area contributed by atoms with Gasteiger partial charge in [0.2, 0.25) is 11.8 Å². The van der Waals surface area contributed by atoms with Crippen molar-refractivity contribution in [1.82, 2.24) is 10.6 Å². The molecule has 2 amide bonds. The first-order chi connectivity index (χ1) is 6.56. The Morgan fingerprint density at radius 2 is 2.14 bits per heavy atom. The van der Waals surface area contributed by atoms with Crippen molar-refractivity contribution in [2.45, 2.75) is 6.92 Å². The van der Waals surface area contributed by atoms with Gasteiger partial charge in [0.25, 0.3) is 0 Å². The summed E-state index contributed by atoms with van der Waals surface area (Å²) in [5, 5.41) is 4.79. The molecular formula is C8H15N3O3. The fourth-order valence-corrected chi connectivity index (χ4v) is 0.708. The number of carbonyl (C=O) groups is 2. The molecule has 0 atom stereocenters. The Morgan fingerprint density at radius 3 is 2.64 bits per heavy atom. The molecule has 0 saturated heterocycles. The molecule has 0 aliphatic heterocycles. The lowest BCUT2D eigenvalue weighted by atomic mass is 10.5. The maximum absolute atomic E-state index is 11.0. The molecule has 0 spiro atoms. The number of hydrogen-bond donors (Lipinski definition) is 3. The fourth-order valence-electron chi connectivity index (χ4n) is 0.708. The maximum atomic E-state index is 11.0. The van der Waals surface area contributed by atoms with E-state index in [0.717, 1.165) is 6.08 Å². The zero-order valence-electron chi connectivity index (χ0n) is 8.29. The second-order valence-corrected chi connectivity index (χ2v) is 2.56. The van der Waals surface area contributed by atoms with Gasteiger partial charge in [-0.1, -0.05) is 0 Å². The normalized spacial score (nSPS) is 10.9. The van der Waals surface area contributed by atoms with E-state index in [1.54, 1.807) is 0 Å². The highest BCUT2D eigenvalue weighted by Crippen LogP contribution is 1.78. The highest BCUT2D eigenvalue weighted by Gasteiger charge is 1.98. The van der Waals surface area contributed by atoms with Gasteiger partial charge in [0.15, 0.2) is 0 Å². The molecule has 0 rings (SSSR count). The largest absolute Gasteiger partial charge is 0.385 e. The third-order valence-electron chi connectivity index (χ3n) is 1.21. The van der Waals surface area contributed by atoms with E-state index in [9.17, 15) is 9.59 Å². The molecule has 80 valence electrons. The van der Waals surface area contributed by atoms with Crippen LogP contribution in [0.25, 0.3) is 0 Å². The van der Waals surface area contributed by atoms with Crippen molar-refractivity contribution in [1.29, 1.82) is 0 Å². The van der Waals surface area contributed by atoms with E-state index in [1.165, 1.54) is 14.0 Å². The number of nitrogens with two attached hydrogens (primary N) is 1. The summed E-state index contributed by atoms with van der Waals surface area (Å²) in [6.07, 6.45) is 1.11. The SMILES string of the molecule is COCCNC(=O)/C=C(/N)NC(C)=O. The number of carbonyl (C=O) groups excluding carboxylic acids is 2. The van der Waals surface area contributed by atoms with Crippen LogP contribution >= 0.6 is 0 Å². The number of rotatable bonds is 5. The molecule has 0 unspecified atom stereocenters. The molecule has 0 fully saturated rings. The van der Waals surface area contributed by atoms with Crippen molar-refractivity contribution in [2.75, 3.05) is 20.3 Å². The molecular weight excluding hydrogens is 186 g/mol. The Kier molecular flexibility index (Phi) is 6.13. The first kappa shape index (κ1) is 12.4. The van der Waals surface area contributed by atoms with Crippen LogP contribution in [0.3, 0.4) is 0 Å². The summed E-state index contributed by atoms with van der Waals surface area (Å²) in [5.74, 6) is -0.663. The highest BCUT2D eigenvalue weighted by molar-refractivity contribution is 5.88. The van der Waals surface area contributed by atoms with E-state index in [4.69, 9.17) is 10.5 Å². The Bertz CT molecular complexity index is 238. The van der Waals surface area contributed by atoms with Crippen molar-refractivity contribution >= 4 is 11.8 Å². The molecule has 0 heterocycles. The highest BCUT2D eigenvalue weighted by atomic mass is 16.5. The molecule has 0 saturated carbocycles. The second-order valence-electron chi connectivity index (χ2n) is 2.56. The Morgan fingerprint density at radius 1 is 1.50 bits per heavy atom. The monoisotopic (exact) mass is 201 g/mol.